The van der Waals surface area contributed by atoms with Crippen molar-refractivity contribution < 1.29 is 14.7 Å². The summed E-state index contributed by atoms with van der Waals surface area (Å²) in [6, 6.07) is 7.17. The van der Waals surface area contributed by atoms with Crippen LogP contribution in [-0.4, -0.2) is 30.0 Å². The Bertz CT molecular complexity index is 648. The summed E-state index contributed by atoms with van der Waals surface area (Å²) in [5.74, 6) is -0.859. The minimum Gasteiger partial charge on any atom is -0.508 e. The standard InChI is InChI=1S/C29H50N2O3/c1-2-3-4-5-6-7-8-9-10-11-12-13-14-15-16-19-24-30-28(33)29(34)31-25-20-22-26-21-17-18-23-27(26)32/h17-18,21,23,32H,2-16,19-20,22,24-25H2,1H3,(H,30,33)(H,31,34). The van der Waals surface area contributed by atoms with E-state index in [1.54, 1.807) is 12.1 Å². The molecule has 0 aromatic heterocycles. The van der Waals surface area contributed by atoms with Crippen LogP contribution in [-0.2, 0) is 16.0 Å². The Hall–Kier alpha value is -2.04. The highest BCUT2D eigenvalue weighted by Crippen LogP contribution is 2.17. The first-order valence-corrected chi connectivity index (χ1v) is 14.0. The van der Waals surface area contributed by atoms with Gasteiger partial charge in [0.2, 0.25) is 0 Å². The van der Waals surface area contributed by atoms with Crippen molar-refractivity contribution in [2.75, 3.05) is 13.1 Å². The van der Waals surface area contributed by atoms with Gasteiger partial charge in [0.05, 0.1) is 0 Å². The maximum atomic E-state index is 11.9. The Labute approximate surface area is 208 Å². The monoisotopic (exact) mass is 474 g/mol. The van der Waals surface area contributed by atoms with Gasteiger partial charge in [0.15, 0.2) is 0 Å². The topological polar surface area (TPSA) is 78.4 Å². The number of phenolic OH excluding ortho intramolecular Hbond substituents is 1. The van der Waals surface area contributed by atoms with Crippen LogP contribution in [0.3, 0.4) is 0 Å². The molecule has 194 valence electrons. The molecule has 0 aliphatic carbocycles. The maximum Gasteiger partial charge on any atom is 0.309 e. The molecule has 0 fully saturated rings. The van der Waals surface area contributed by atoms with Gasteiger partial charge in [-0.25, -0.2) is 0 Å². The molecule has 1 aromatic carbocycles. The molecule has 0 atom stereocenters. The van der Waals surface area contributed by atoms with Crippen molar-refractivity contribution in [1.82, 2.24) is 10.6 Å². The molecule has 5 heteroatoms. The number of aromatic hydroxyl groups is 1. The number of carbonyl (C=O) groups is 2. The number of aryl methyl sites for hydroxylation is 1. The summed E-state index contributed by atoms with van der Waals surface area (Å²) in [7, 11) is 0. The van der Waals surface area contributed by atoms with E-state index in [2.05, 4.69) is 17.6 Å². The Balaban J connectivity index is 1.83. The van der Waals surface area contributed by atoms with E-state index in [0.717, 1.165) is 18.4 Å². The normalized spacial score (nSPS) is 10.9. The van der Waals surface area contributed by atoms with Gasteiger partial charge in [0.1, 0.15) is 5.75 Å². The maximum absolute atomic E-state index is 11.9. The summed E-state index contributed by atoms with van der Waals surface area (Å²) in [6.45, 7) is 3.25. The third-order valence-corrected chi connectivity index (χ3v) is 6.42. The van der Waals surface area contributed by atoms with Gasteiger partial charge in [-0.15, -0.1) is 0 Å². The van der Waals surface area contributed by atoms with Crippen molar-refractivity contribution in [3.8, 4) is 5.75 Å². The fourth-order valence-corrected chi connectivity index (χ4v) is 4.24. The van der Waals surface area contributed by atoms with Gasteiger partial charge in [0, 0.05) is 13.1 Å². The van der Waals surface area contributed by atoms with Crippen molar-refractivity contribution in [2.24, 2.45) is 0 Å². The van der Waals surface area contributed by atoms with Crippen LogP contribution in [0.1, 0.15) is 122 Å². The number of nitrogens with one attached hydrogen (secondary N) is 2. The van der Waals surface area contributed by atoms with Gasteiger partial charge in [0.25, 0.3) is 0 Å². The molecule has 1 aromatic rings. The molecule has 34 heavy (non-hydrogen) atoms. The van der Waals surface area contributed by atoms with Crippen molar-refractivity contribution in [3.05, 3.63) is 29.8 Å². The number of hydrogen-bond acceptors (Lipinski definition) is 3. The smallest absolute Gasteiger partial charge is 0.309 e. The van der Waals surface area contributed by atoms with E-state index in [1.165, 1.54) is 89.9 Å². The fourth-order valence-electron chi connectivity index (χ4n) is 4.24. The Kier molecular flexibility index (Phi) is 19.0. The van der Waals surface area contributed by atoms with E-state index in [1.807, 2.05) is 12.1 Å². The summed E-state index contributed by atoms with van der Waals surface area (Å²) in [5, 5.41) is 15.1. The zero-order valence-corrected chi connectivity index (χ0v) is 21.7. The molecule has 3 N–H and O–H groups in total. The number of amides is 2. The van der Waals surface area contributed by atoms with Crippen molar-refractivity contribution in [3.63, 3.8) is 0 Å². The summed E-state index contributed by atoms with van der Waals surface area (Å²) in [4.78, 5) is 23.7. The number of benzene rings is 1. The first kappa shape index (κ1) is 30.0. The number of phenols is 1. The zero-order chi connectivity index (χ0) is 24.7. The number of unbranched alkanes of at least 4 members (excludes halogenated alkanes) is 15. The molecule has 0 bridgehead atoms. The minimum absolute atomic E-state index is 0.269. The number of para-hydroxylation sites is 1. The zero-order valence-electron chi connectivity index (χ0n) is 21.7. The van der Waals surface area contributed by atoms with E-state index < -0.39 is 11.8 Å². The lowest BCUT2D eigenvalue weighted by Gasteiger charge is -2.07. The second kappa shape index (κ2) is 21.5. The minimum atomic E-state index is -0.575. The SMILES string of the molecule is CCCCCCCCCCCCCCCCCCNC(=O)C(=O)NCCCc1ccccc1O. The number of rotatable bonds is 21. The molecule has 0 unspecified atom stereocenters. The second-order valence-electron chi connectivity index (χ2n) is 9.55. The van der Waals surface area contributed by atoms with Crippen molar-refractivity contribution in [1.29, 1.82) is 0 Å². The lowest BCUT2D eigenvalue weighted by Crippen LogP contribution is -2.40. The molecule has 0 heterocycles. The van der Waals surface area contributed by atoms with Crippen LogP contribution in [0.4, 0.5) is 0 Å². The predicted octanol–water partition coefficient (Wildman–Crippen LogP) is 6.82. The largest absolute Gasteiger partial charge is 0.508 e. The quantitative estimate of drug-likeness (QED) is 0.135. The molecule has 5 nitrogen and oxygen atoms in total. The van der Waals surface area contributed by atoms with Gasteiger partial charge in [-0.2, -0.15) is 0 Å². The summed E-state index contributed by atoms with van der Waals surface area (Å²) < 4.78 is 0. The van der Waals surface area contributed by atoms with E-state index in [9.17, 15) is 14.7 Å². The molecule has 0 spiro atoms. The number of hydrogen-bond donors (Lipinski definition) is 3. The summed E-state index contributed by atoms with van der Waals surface area (Å²) in [5.41, 5.74) is 0.852. The third kappa shape index (κ3) is 16.6. The van der Waals surface area contributed by atoms with Gasteiger partial charge in [-0.1, -0.05) is 121 Å². The lowest BCUT2D eigenvalue weighted by atomic mass is 10.0. The van der Waals surface area contributed by atoms with E-state index in [0.29, 0.717) is 25.9 Å². The molecular weight excluding hydrogens is 424 g/mol. The van der Waals surface area contributed by atoms with E-state index >= 15 is 0 Å². The number of carbonyl (C=O) groups excluding carboxylic acids is 2. The van der Waals surface area contributed by atoms with E-state index in [4.69, 9.17) is 0 Å². The Morgan fingerprint density at radius 3 is 1.50 bits per heavy atom. The molecule has 0 radical (unpaired) electrons. The van der Waals surface area contributed by atoms with Gasteiger partial charge < -0.3 is 15.7 Å². The van der Waals surface area contributed by atoms with Crippen molar-refractivity contribution in [2.45, 2.75) is 122 Å². The Morgan fingerprint density at radius 1 is 0.618 bits per heavy atom. The van der Waals surface area contributed by atoms with Gasteiger partial charge in [-0.3, -0.25) is 9.59 Å². The Morgan fingerprint density at radius 2 is 1.03 bits per heavy atom. The van der Waals surface area contributed by atoms with Crippen LogP contribution in [0.15, 0.2) is 24.3 Å². The lowest BCUT2D eigenvalue weighted by molar-refractivity contribution is -0.139. The highest BCUT2D eigenvalue weighted by molar-refractivity contribution is 6.35. The molecule has 2 amide bonds. The average molecular weight is 475 g/mol. The van der Waals surface area contributed by atoms with Gasteiger partial charge >= 0.3 is 11.8 Å². The van der Waals surface area contributed by atoms with Crippen molar-refractivity contribution >= 4 is 11.8 Å². The molecule has 0 aliphatic rings. The molecule has 0 saturated heterocycles. The van der Waals surface area contributed by atoms with Crippen LogP contribution in [0, 0.1) is 0 Å². The van der Waals surface area contributed by atoms with Crippen LogP contribution in [0.5, 0.6) is 5.75 Å². The molecule has 1 rings (SSSR count). The molecule has 0 saturated carbocycles. The predicted molar refractivity (Wildman–Crippen MR) is 142 cm³/mol. The second-order valence-corrected chi connectivity index (χ2v) is 9.55. The summed E-state index contributed by atoms with van der Waals surface area (Å²) >= 11 is 0. The highest BCUT2D eigenvalue weighted by Gasteiger charge is 2.11. The third-order valence-electron chi connectivity index (χ3n) is 6.42. The fraction of sp³-hybridized carbons (Fsp3) is 0.724. The molecule has 0 aliphatic heterocycles. The molecular formula is C29H50N2O3. The first-order valence-electron chi connectivity index (χ1n) is 14.0. The van der Waals surface area contributed by atoms with Crippen LogP contribution in [0.25, 0.3) is 0 Å². The van der Waals surface area contributed by atoms with E-state index in [-0.39, 0.29) is 5.75 Å². The van der Waals surface area contributed by atoms with Crippen LogP contribution in [0.2, 0.25) is 0 Å². The van der Waals surface area contributed by atoms with Gasteiger partial charge in [-0.05, 0) is 30.9 Å². The van der Waals surface area contributed by atoms with Crippen LogP contribution < -0.4 is 10.6 Å². The highest BCUT2D eigenvalue weighted by atomic mass is 16.3. The summed E-state index contributed by atoms with van der Waals surface area (Å²) in [6.07, 6.45) is 22.5. The first-order chi connectivity index (χ1) is 16.6. The van der Waals surface area contributed by atoms with Crippen LogP contribution >= 0.6 is 0 Å². The average Bonchev–Trinajstić information content (AvgIpc) is 2.84.